The molecule has 92 valence electrons. The van der Waals surface area contributed by atoms with Crippen LogP contribution in [-0.2, 0) is 4.79 Å². The third-order valence-corrected chi connectivity index (χ3v) is 3.15. The van der Waals surface area contributed by atoms with E-state index in [2.05, 4.69) is 5.32 Å². The molecule has 1 heterocycles. The van der Waals surface area contributed by atoms with Gasteiger partial charge in [-0.05, 0) is 13.0 Å². The van der Waals surface area contributed by atoms with Crippen molar-refractivity contribution in [3.63, 3.8) is 0 Å². The predicted molar refractivity (Wildman–Crippen MR) is 63.5 cm³/mol. The summed E-state index contributed by atoms with van der Waals surface area (Å²) in [5, 5.41) is 12.8. The molecule has 1 atom stereocenters. The zero-order valence-corrected chi connectivity index (χ0v) is 10.3. The molecule has 1 aromatic heterocycles. The fourth-order valence-corrected chi connectivity index (χ4v) is 1.92. The molecule has 17 heavy (non-hydrogen) atoms. The minimum Gasteiger partial charge on any atom is -0.481 e. The van der Waals surface area contributed by atoms with Gasteiger partial charge >= 0.3 is 5.97 Å². The number of hydrogen-bond acceptors (Lipinski definition) is 4. The van der Waals surface area contributed by atoms with Gasteiger partial charge in [-0.15, -0.1) is 11.3 Å². The van der Waals surface area contributed by atoms with E-state index in [0.717, 1.165) is 0 Å². The molecule has 0 aliphatic heterocycles. The number of carboxylic acids is 1. The lowest BCUT2D eigenvalue weighted by molar-refractivity contribution is -0.140. The Balaban J connectivity index is 2.58. The molecule has 0 radical (unpaired) electrons. The standard InChI is InChI=1S/C11H13NO4S/c1-6(11(15)16)4-12-10(14)9-3-8(5-17-9)7(2)13/h3,5-6H,4H2,1-2H3,(H,12,14)(H,15,16). The Morgan fingerprint density at radius 2 is 2.12 bits per heavy atom. The van der Waals surface area contributed by atoms with Crippen LogP contribution in [0.5, 0.6) is 0 Å². The van der Waals surface area contributed by atoms with Gasteiger partial charge in [-0.3, -0.25) is 14.4 Å². The predicted octanol–water partition coefficient (Wildman–Crippen LogP) is 1.40. The van der Waals surface area contributed by atoms with Gasteiger partial charge < -0.3 is 10.4 Å². The maximum atomic E-state index is 11.6. The Labute approximate surface area is 102 Å². The van der Waals surface area contributed by atoms with Crippen molar-refractivity contribution in [1.29, 1.82) is 0 Å². The van der Waals surface area contributed by atoms with Crippen molar-refractivity contribution in [1.82, 2.24) is 5.32 Å². The maximum Gasteiger partial charge on any atom is 0.308 e. The number of carboxylic acid groups (broad SMARTS) is 1. The second-order valence-electron chi connectivity index (χ2n) is 3.71. The lowest BCUT2D eigenvalue weighted by Crippen LogP contribution is -2.30. The monoisotopic (exact) mass is 255 g/mol. The smallest absolute Gasteiger partial charge is 0.308 e. The van der Waals surface area contributed by atoms with Crippen molar-refractivity contribution in [2.24, 2.45) is 5.92 Å². The number of carbonyl (C=O) groups is 3. The Morgan fingerprint density at radius 1 is 1.47 bits per heavy atom. The van der Waals surface area contributed by atoms with Crippen LogP contribution < -0.4 is 5.32 Å². The average Bonchev–Trinajstić information content (AvgIpc) is 2.74. The molecule has 0 aromatic carbocycles. The molecule has 6 heteroatoms. The van der Waals surface area contributed by atoms with Gasteiger partial charge in [0.15, 0.2) is 5.78 Å². The number of ketones is 1. The summed E-state index contributed by atoms with van der Waals surface area (Å²) in [5.74, 6) is -2.04. The second kappa shape index (κ2) is 5.58. The quantitative estimate of drug-likeness (QED) is 0.779. The number of Topliss-reactive ketones (excluding diaryl/α,β-unsaturated/α-hetero) is 1. The molecule has 0 saturated carbocycles. The molecule has 2 N–H and O–H groups in total. The highest BCUT2D eigenvalue weighted by molar-refractivity contribution is 7.12. The van der Waals surface area contributed by atoms with Gasteiger partial charge in [0.05, 0.1) is 10.8 Å². The Morgan fingerprint density at radius 3 is 2.59 bits per heavy atom. The van der Waals surface area contributed by atoms with E-state index < -0.39 is 11.9 Å². The molecule has 0 aliphatic carbocycles. The van der Waals surface area contributed by atoms with Crippen molar-refractivity contribution >= 4 is 29.0 Å². The molecule has 5 nitrogen and oxygen atoms in total. The van der Waals surface area contributed by atoms with Gasteiger partial charge in [0.25, 0.3) is 5.91 Å². The lowest BCUT2D eigenvalue weighted by Gasteiger charge is -2.06. The zero-order valence-electron chi connectivity index (χ0n) is 9.52. The summed E-state index contributed by atoms with van der Waals surface area (Å²) in [6, 6.07) is 1.51. The molecule has 0 spiro atoms. The SMILES string of the molecule is CC(=O)c1csc(C(=O)NCC(C)C(=O)O)c1. The van der Waals surface area contributed by atoms with Gasteiger partial charge in [0, 0.05) is 17.5 Å². The van der Waals surface area contributed by atoms with Crippen LogP contribution in [0.1, 0.15) is 33.9 Å². The summed E-state index contributed by atoms with van der Waals surface area (Å²) in [5.41, 5.74) is 0.492. The van der Waals surface area contributed by atoms with E-state index in [0.29, 0.717) is 10.4 Å². The topological polar surface area (TPSA) is 83.5 Å². The number of carbonyl (C=O) groups excluding carboxylic acids is 2. The molecule has 1 amide bonds. The van der Waals surface area contributed by atoms with Gasteiger partial charge in [-0.25, -0.2) is 0 Å². The lowest BCUT2D eigenvalue weighted by atomic mass is 10.2. The summed E-state index contributed by atoms with van der Waals surface area (Å²) in [6.07, 6.45) is 0. The van der Waals surface area contributed by atoms with Crippen LogP contribution in [0.3, 0.4) is 0 Å². The number of amides is 1. The van der Waals surface area contributed by atoms with Crippen LogP contribution in [0.25, 0.3) is 0 Å². The fraction of sp³-hybridized carbons (Fsp3) is 0.364. The third kappa shape index (κ3) is 3.67. The van der Waals surface area contributed by atoms with Gasteiger partial charge in [0.2, 0.25) is 0 Å². The van der Waals surface area contributed by atoms with Crippen LogP contribution in [0.2, 0.25) is 0 Å². The van der Waals surface area contributed by atoms with Gasteiger partial charge in [-0.2, -0.15) is 0 Å². The van der Waals surface area contributed by atoms with Crippen LogP contribution in [0, 0.1) is 5.92 Å². The third-order valence-electron chi connectivity index (χ3n) is 2.22. The van der Waals surface area contributed by atoms with Crippen LogP contribution >= 0.6 is 11.3 Å². The van der Waals surface area contributed by atoms with Gasteiger partial charge in [-0.1, -0.05) is 6.92 Å². The first-order chi connectivity index (χ1) is 7.91. The highest BCUT2D eigenvalue weighted by Gasteiger charge is 2.15. The Bertz CT molecular complexity index is 452. The second-order valence-corrected chi connectivity index (χ2v) is 4.62. The minimum absolute atomic E-state index is 0.0709. The fourth-order valence-electron chi connectivity index (χ4n) is 1.06. The molecule has 0 fully saturated rings. The summed E-state index contributed by atoms with van der Waals surface area (Å²) < 4.78 is 0. The van der Waals surface area contributed by atoms with Crippen LogP contribution in [-0.4, -0.2) is 29.3 Å². The largest absolute Gasteiger partial charge is 0.481 e. The van der Waals surface area contributed by atoms with E-state index in [4.69, 9.17) is 5.11 Å². The van der Waals surface area contributed by atoms with E-state index in [-0.39, 0.29) is 18.2 Å². The average molecular weight is 255 g/mol. The molecular weight excluding hydrogens is 242 g/mol. The normalized spacial score (nSPS) is 11.9. The molecular formula is C11H13NO4S. The Kier molecular flexibility index (Phi) is 4.39. The number of thiophene rings is 1. The summed E-state index contributed by atoms with van der Waals surface area (Å²) in [6.45, 7) is 3.01. The molecule has 0 bridgehead atoms. The number of nitrogens with one attached hydrogen (secondary N) is 1. The first-order valence-electron chi connectivity index (χ1n) is 5.02. The van der Waals surface area contributed by atoms with Crippen LogP contribution in [0.4, 0.5) is 0 Å². The summed E-state index contributed by atoms with van der Waals surface area (Å²) in [4.78, 5) is 33.6. The molecule has 1 rings (SSSR count). The molecule has 0 aliphatic rings. The first kappa shape index (κ1) is 13.4. The van der Waals surface area contributed by atoms with E-state index in [9.17, 15) is 14.4 Å². The van der Waals surface area contributed by atoms with Crippen molar-refractivity contribution < 1.29 is 19.5 Å². The van der Waals surface area contributed by atoms with Crippen molar-refractivity contribution in [3.8, 4) is 0 Å². The highest BCUT2D eigenvalue weighted by Crippen LogP contribution is 2.15. The Hall–Kier alpha value is -1.69. The van der Waals surface area contributed by atoms with Crippen LogP contribution in [0.15, 0.2) is 11.4 Å². The van der Waals surface area contributed by atoms with E-state index in [1.54, 1.807) is 5.38 Å². The van der Waals surface area contributed by atoms with Crippen molar-refractivity contribution in [2.75, 3.05) is 6.54 Å². The van der Waals surface area contributed by atoms with E-state index >= 15 is 0 Å². The minimum atomic E-state index is -0.957. The molecule has 1 aromatic rings. The summed E-state index contributed by atoms with van der Waals surface area (Å²) in [7, 11) is 0. The van der Waals surface area contributed by atoms with Crippen molar-refractivity contribution in [3.05, 3.63) is 21.9 Å². The maximum absolute atomic E-state index is 11.6. The first-order valence-corrected chi connectivity index (χ1v) is 5.90. The highest BCUT2D eigenvalue weighted by atomic mass is 32.1. The number of hydrogen-bond donors (Lipinski definition) is 2. The molecule has 0 saturated heterocycles. The summed E-state index contributed by atoms with van der Waals surface area (Å²) >= 11 is 1.17. The number of aliphatic carboxylic acids is 1. The van der Waals surface area contributed by atoms with E-state index in [1.807, 2.05) is 0 Å². The van der Waals surface area contributed by atoms with Gasteiger partial charge in [0.1, 0.15) is 0 Å². The van der Waals surface area contributed by atoms with Crippen molar-refractivity contribution in [2.45, 2.75) is 13.8 Å². The number of rotatable bonds is 5. The van der Waals surface area contributed by atoms with E-state index in [1.165, 1.54) is 31.3 Å². The zero-order chi connectivity index (χ0) is 13.0. The molecule has 1 unspecified atom stereocenters.